The molecule has 0 saturated carbocycles. The van der Waals surface area contributed by atoms with E-state index in [0.717, 1.165) is 17.5 Å². The van der Waals surface area contributed by atoms with Crippen molar-refractivity contribution in [2.45, 2.75) is 32.9 Å². The Morgan fingerprint density at radius 2 is 1.97 bits per heavy atom. The summed E-state index contributed by atoms with van der Waals surface area (Å²) in [6, 6.07) is 9.44. The summed E-state index contributed by atoms with van der Waals surface area (Å²) in [4.78, 5) is 17.1. The lowest BCUT2D eigenvalue weighted by atomic mass is 10.0. The Labute approximate surface area is 180 Å². The van der Waals surface area contributed by atoms with E-state index in [4.69, 9.17) is 13.7 Å². The molecule has 0 bridgehead atoms. The van der Waals surface area contributed by atoms with Crippen LogP contribution in [0.2, 0.25) is 0 Å². The lowest BCUT2D eigenvalue weighted by Crippen LogP contribution is -2.39. The number of carbonyl (C=O) groups is 1. The van der Waals surface area contributed by atoms with Gasteiger partial charge in [0, 0.05) is 24.7 Å². The standard InChI is InChI=1S/C23H26FN3O4/c1-3-16(2)27(22(28)20-5-4-12-30-20)15-19-21(17-6-8-18(24)9-7-17)25-31-23(19)26-10-13-29-14-11-26/h4-9,12,16H,3,10-11,13-15H2,1-2H3/t16-/m0/s1. The van der Waals surface area contributed by atoms with Crippen LogP contribution in [0.3, 0.4) is 0 Å². The molecule has 7 nitrogen and oxygen atoms in total. The highest BCUT2D eigenvalue weighted by atomic mass is 19.1. The number of hydrogen-bond donors (Lipinski definition) is 0. The maximum atomic E-state index is 13.5. The monoisotopic (exact) mass is 427 g/mol. The molecule has 2 aromatic heterocycles. The molecule has 1 saturated heterocycles. The molecule has 1 aliphatic rings. The first-order valence-electron chi connectivity index (χ1n) is 10.5. The minimum Gasteiger partial charge on any atom is -0.459 e. The third-order valence-corrected chi connectivity index (χ3v) is 5.63. The van der Waals surface area contributed by atoms with Gasteiger partial charge in [-0.25, -0.2) is 4.39 Å². The summed E-state index contributed by atoms with van der Waals surface area (Å²) in [5.41, 5.74) is 2.12. The van der Waals surface area contributed by atoms with Crippen molar-refractivity contribution >= 4 is 11.8 Å². The number of halogens is 1. The summed E-state index contributed by atoms with van der Waals surface area (Å²) in [5.74, 6) is 0.381. The van der Waals surface area contributed by atoms with Gasteiger partial charge in [-0.05, 0) is 49.7 Å². The van der Waals surface area contributed by atoms with E-state index >= 15 is 0 Å². The fourth-order valence-electron chi connectivity index (χ4n) is 3.65. The Balaban J connectivity index is 1.74. The van der Waals surface area contributed by atoms with Crippen LogP contribution in [-0.4, -0.2) is 48.3 Å². The van der Waals surface area contributed by atoms with Gasteiger partial charge in [-0.15, -0.1) is 0 Å². The molecule has 1 aliphatic heterocycles. The van der Waals surface area contributed by atoms with Crippen LogP contribution in [0.25, 0.3) is 11.3 Å². The molecule has 0 spiro atoms. The van der Waals surface area contributed by atoms with Crippen molar-refractivity contribution in [3.63, 3.8) is 0 Å². The quantitative estimate of drug-likeness (QED) is 0.558. The number of ether oxygens (including phenoxy) is 1. The molecule has 31 heavy (non-hydrogen) atoms. The van der Waals surface area contributed by atoms with Gasteiger partial charge < -0.3 is 23.5 Å². The van der Waals surface area contributed by atoms with Crippen molar-refractivity contribution in [3.8, 4) is 11.3 Å². The lowest BCUT2D eigenvalue weighted by Gasteiger charge is -2.30. The minimum absolute atomic E-state index is 0.0360. The van der Waals surface area contributed by atoms with Crippen LogP contribution in [-0.2, 0) is 11.3 Å². The molecular weight excluding hydrogens is 401 g/mol. The van der Waals surface area contributed by atoms with Gasteiger partial charge in [-0.1, -0.05) is 12.1 Å². The smallest absolute Gasteiger partial charge is 0.290 e. The topological polar surface area (TPSA) is 72.0 Å². The maximum Gasteiger partial charge on any atom is 0.290 e. The molecule has 8 heteroatoms. The number of carbonyl (C=O) groups excluding carboxylic acids is 1. The number of hydrogen-bond acceptors (Lipinski definition) is 6. The van der Waals surface area contributed by atoms with E-state index < -0.39 is 0 Å². The van der Waals surface area contributed by atoms with Crippen molar-refractivity contribution in [1.82, 2.24) is 10.1 Å². The predicted octanol–water partition coefficient (Wildman–Crippen LogP) is 4.35. The molecule has 1 aromatic carbocycles. The molecule has 3 aromatic rings. The van der Waals surface area contributed by atoms with Crippen molar-refractivity contribution < 1.29 is 22.9 Å². The fraction of sp³-hybridized carbons (Fsp3) is 0.391. The summed E-state index contributed by atoms with van der Waals surface area (Å²) in [6.07, 6.45) is 2.26. The van der Waals surface area contributed by atoms with Gasteiger partial charge in [0.15, 0.2) is 5.76 Å². The van der Waals surface area contributed by atoms with Crippen molar-refractivity contribution in [2.75, 3.05) is 31.2 Å². The Kier molecular flexibility index (Phi) is 6.36. The van der Waals surface area contributed by atoms with Crippen molar-refractivity contribution in [1.29, 1.82) is 0 Å². The Morgan fingerprint density at radius 3 is 2.61 bits per heavy atom. The average molecular weight is 427 g/mol. The molecule has 164 valence electrons. The number of furan rings is 1. The molecule has 1 atom stereocenters. The number of aromatic nitrogens is 1. The first-order chi connectivity index (χ1) is 15.1. The van der Waals surface area contributed by atoms with Crippen LogP contribution in [0.15, 0.2) is 51.6 Å². The second-order valence-electron chi connectivity index (χ2n) is 7.59. The number of amides is 1. The van der Waals surface area contributed by atoms with E-state index in [9.17, 15) is 9.18 Å². The second kappa shape index (κ2) is 9.34. The van der Waals surface area contributed by atoms with E-state index in [1.807, 2.05) is 13.8 Å². The second-order valence-corrected chi connectivity index (χ2v) is 7.59. The first-order valence-corrected chi connectivity index (χ1v) is 10.5. The number of anilines is 1. The normalized spacial score (nSPS) is 15.1. The van der Waals surface area contributed by atoms with Gasteiger partial charge in [-0.2, -0.15) is 0 Å². The number of nitrogens with zero attached hydrogens (tertiary/aromatic N) is 3. The largest absolute Gasteiger partial charge is 0.459 e. The van der Waals surface area contributed by atoms with Gasteiger partial charge in [0.25, 0.3) is 5.91 Å². The average Bonchev–Trinajstić information content (AvgIpc) is 3.48. The molecular formula is C23H26FN3O4. The highest BCUT2D eigenvalue weighted by molar-refractivity contribution is 5.91. The molecule has 1 amide bonds. The molecule has 0 radical (unpaired) electrons. The van der Waals surface area contributed by atoms with Crippen LogP contribution < -0.4 is 4.90 Å². The third-order valence-electron chi connectivity index (χ3n) is 5.63. The van der Waals surface area contributed by atoms with Gasteiger partial charge in [0.2, 0.25) is 5.88 Å². The third kappa shape index (κ3) is 4.49. The van der Waals surface area contributed by atoms with E-state index in [1.54, 1.807) is 29.2 Å². The van der Waals surface area contributed by atoms with Crippen LogP contribution in [0.5, 0.6) is 0 Å². The summed E-state index contributed by atoms with van der Waals surface area (Å²) < 4.78 is 30.1. The predicted molar refractivity (Wildman–Crippen MR) is 113 cm³/mol. The number of morpholine rings is 1. The summed E-state index contributed by atoms with van der Waals surface area (Å²) in [6.45, 7) is 6.84. The Bertz CT molecular complexity index is 995. The zero-order valence-electron chi connectivity index (χ0n) is 17.7. The van der Waals surface area contributed by atoms with Crippen LogP contribution in [0, 0.1) is 5.82 Å². The molecule has 4 rings (SSSR count). The molecule has 0 aliphatic carbocycles. The molecule has 0 N–H and O–H groups in total. The minimum atomic E-state index is -0.323. The van der Waals surface area contributed by atoms with E-state index in [-0.39, 0.29) is 30.1 Å². The van der Waals surface area contributed by atoms with E-state index in [0.29, 0.717) is 37.9 Å². The Hall–Kier alpha value is -3.13. The van der Waals surface area contributed by atoms with E-state index in [2.05, 4.69) is 10.1 Å². The van der Waals surface area contributed by atoms with Gasteiger partial charge in [0.05, 0.1) is 31.6 Å². The first kappa shape index (κ1) is 21.1. The maximum absolute atomic E-state index is 13.5. The van der Waals surface area contributed by atoms with Crippen LogP contribution >= 0.6 is 0 Å². The van der Waals surface area contributed by atoms with Gasteiger partial charge >= 0.3 is 0 Å². The Morgan fingerprint density at radius 1 is 1.23 bits per heavy atom. The van der Waals surface area contributed by atoms with Crippen molar-refractivity contribution in [3.05, 3.63) is 59.8 Å². The number of rotatable bonds is 7. The lowest BCUT2D eigenvalue weighted by molar-refractivity contribution is 0.0638. The zero-order valence-corrected chi connectivity index (χ0v) is 17.7. The SMILES string of the molecule is CC[C@H](C)N(Cc1c(-c2ccc(F)cc2)noc1N1CCOCC1)C(=O)c1ccco1. The fourth-order valence-corrected chi connectivity index (χ4v) is 3.65. The molecule has 0 unspecified atom stereocenters. The highest BCUT2D eigenvalue weighted by Gasteiger charge is 2.30. The van der Waals surface area contributed by atoms with Gasteiger partial charge in [-0.3, -0.25) is 4.79 Å². The summed E-state index contributed by atoms with van der Waals surface area (Å²) >= 11 is 0. The highest BCUT2D eigenvalue weighted by Crippen LogP contribution is 2.34. The summed E-state index contributed by atoms with van der Waals surface area (Å²) in [7, 11) is 0. The zero-order chi connectivity index (χ0) is 21.8. The summed E-state index contributed by atoms with van der Waals surface area (Å²) in [5, 5.41) is 4.31. The van der Waals surface area contributed by atoms with Crippen molar-refractivity contribution in [2.24, 2.45) is 0 Å². The van der Waals surface area contributed by atoms with Crippen LogP contribution in [0.4, 0.5) is 10.3 Å². The van der Waals surface area contributed by atoms with Gasteiger partial charge in [0.1, 0.15) is 11.5 Å². The number of benzene rings is 1. The molecule has 1 fully saturated rings. The van der Waals surface area contributed by atoms with Crippen LogP contribution in [0.1, 0.15) is 36.4 Å². The molecule has 3 heterocycles. The van der Waals surface area contributed by atoms with E-state index in [1.165, 1.54) is 18.4 Å².